The van der Waals surface area contributed by atoms with Crippen molar-refractivity contribution in [3.63, 3.8) is 0 Å². The second-order valence-electron chi connectivity index (χ2n) is 14.1. The second-order valence-corrected chi connectivity index (χ2v) is 14.9. The first-order chi connectivity index (χ1) is 28.4. The summed E-state index contributed by atoms with van der Waals surface area (Å²) in [4.78, 5) is 28.9. The lowest BCUT2D eigenvalue weighted by atomic mass is 9.98. The lowest BCUT2D eigenvalue weighted by molar-refractivity contribution is -0.394. The number of hydrogen-bond acceptors (Lipinski definition) is 8. The zero-order valence-corrected chi connectivity index (χ0v) is 32.9. The van der Waals surface area contributed by atoms with Crippen molar-refractivity contribution in [2.75, 3.05) is 0 Å². The molecule has 6 aromatic carbocycles. The first-order valence-corrected chi connectivity index (χ1v) is 20.5. The standard InChI is InChI=1S/2C23H20N2O2.H2O4S/c2*26-25(27)22-15-14-18(11-5-4-10-17-8-2-1-3-9-17)20-16-19-12-6-7-13-21(19)24-23(20)22;1-5(2,3)4/h2*1-3,6-9,12-16H,4-5,10-11H2;(H2,1,2,3,4). The highest BCUT2D eigenvalue weighted by Gasteiger charge is 2.23. The molecule has 0 saturated carbocycles. The molecule has 0 unspecified atom stereocenters. The van der Waals surface area contributed by atoms with E-state index >= 15 is 0 Å². The minimum atomic E-state index is -5.17. The summed E-state index contributed by atoms with van der Waals surface area (Å²) in [5.41, 5.74) is 8.32. The van der Waals surface area contributed by atoms with E-state index in [1.165, 1.54) is 11.1 Å². The zero-order chi connectivity index (χ0) is 41.8. The van der Waals surface area contributed by atoms with Gasteiger partial charge in [0, 0.05) is 45.4 Å². The van der Waals surface area contributed by atoms with E-state index in [1.54, 1.807) is 12.1 Å². The lowest BCUT2D eigenvalue weighted by Crippen LogP contribution is -2.09. The van der Waals surface area contributed by atoms with Gasteiger partial charge in [0.05, 0.1) is 20.6 Å². The van der Waals surface area contributed by atoms with Crippen molar-refractivity contribution in [3.05, 3.63) is 188 Å². The number of nitrogens with one attached hydrogen (secondary N) is 2. The Bertz CT molecular complexity index is 2650. The lowest BCUT2D eigenvalue weighted by Gasteiger charge is -2.06. The molecule has 59 heavy (non-hydrogen) atoms. The molecule has 0 aliphatic heterocycles. The molecule has 0 saturated heterocycles. The van der Waals surface area contributed by atoms with Crippen LogP contribution in [0.15, 0.2) is 146 Å². The minimum absolute atomic E-state index is 0.129. The molecule has 8 rings (SSSR count). The molecule has 300 valence electrons. The van der Waals surface area contributed by atoms with Gasteiger partial charge < -0.3 is 9.11 Å². The maximum Gasteiger partial charge on any atom is 0.340 e. The average Bonchev–Trinajstić information content (AvgIpc) is 3.22. The number of nitro groups is 2. The number of unbranched alkanes of at least 4 members (excludes halogenated alkanes) is 2. The van der Waals surface area contributed by atoms with E-state index in [1.807, 2.05) is 72.8 Å². The van der Waals surface area contributed by atoms with Gasteiger partial charge in [0.15, 0.2) is 0 Å². The number of aromatic nitrogens is 2. The molecule has 0 amide bonds. The summed E-state index contributed by atoms with van der Waals surface area (Å²) in [6.45, 7) is 0. The third-order valence-corrected chi connectivity index (χ3v) is 10.1. The fraction of sp³-hybridized carbons (Fsp3) is 0.174. The number of non-ortho nitro benzene ring substituents is 2. The van der Waals surface area contributed by atoms with Crippen LogP contribution in [0.3, 0.4) is 0 Å². The molecule has 8 aromatic rings. The predicted molar refractivity (Wildman–Crippen MR) is 226 cm³/mol. The first kappa shape index (κ1) is 41.9. The van der Waals surface area contributed by atoms with Crippen molar-refractivity contribution in [2.24, 2.45) is 0 Å². The molecule has 0 atom stereocenters. The Kier molecular flexibility index (Phi) is 14.0. The van der Waals surface area contributed by atoms with Crippen LogP contribution in [-0.2, 0) is 36.1 Å². The van der Waals surface area contributed by atoms with Crippen LogP contribution in [0.5, 0.6) is 0 Å². The van der Waals surface area contributed by atoms with E-state index in [4.69, 9.17) is 17.5 Å². The van der Waals surface area contributed by atoms with Crippen molar-refractivity contribution in [3.8, 4) is 0 Å². The Hall–Kier alpha value is -6.67. The van der Waals surface area contributed by atoms with Crippen molar-refractivity contribution < 1.29 is 37.3 Å². The van der Waals surface area contributed by atoms with Crippen LogP contribution in [0, 0.1) is 20.2 Å². The molecule has 0 fully saturated rings. The van der Waals surface area contributed by atoms with Gasteiger partial charge in [-0.05, 0) is 97.9 Å². The molecular weight excluding hydrogens is 769 g/mol. The SMILES string of the molecule is O=S(=O)([O-])[O-].O=[N+]([O-])c1ccc(CCCCc2ccccc2)c2cc3ccccc3[nH+]c12.O=[N+]([O-])c1ccc(CCCCc2ccccc2)c2cc3ccccc3[nH+]c12. The normalized spacial score (nSPS) is 11.2. The summed E-state index contributed by atoms with van der Waals surface area (Å²) in [6.07, 6.45) is 8.23. The third-order valence-electron chi connectivity index (χ3n) is 10.1. The van der Waals surface area contributed by atoms with Crippen LogP contribution in [-0.4, -0.2) is 27.4 Å². The number of pyridine rings is 2. The van der Waals surface area contributed by atoms with Crippen LogP contribution >= 0.6 is 0 Å². The van der Waals surface area contributed by atoms with Gasteiger partial charge in [0.1, 0.15) is 0 Å². The molecule has 0 aliphatic rings. The first-order valence-electron chi connectivity index (χ1n) is 19.2. The van der Waals surface area contributed by atoms with Gasteiger partial charge in [-0.2, -0.15) is 9.97 Å². The largest absolute Gasteiger partial charge is 0.759 e. The quantitative estimate of drug-likeness (QED) is 0.0291. The van der Waals surface area contributed by atoms with Gasteiger partial charge in [0.2, 0.25) is 11.0 Å². The number of benzene rings is 6. The van der Waals surface area contributed by atoms with Crippen molar-refractivity contribution in [1.29, 1.82) is 0 Å². The Morgan fingerprint density at radius 3 is 1.17 bits per heavy atom. The summed E-state index contributed by atoms with van der Waals surface area (Å²) in [7, 11) is -5.17. The molecule has 2 aromatic heterocycles. The number of nitro benzene ring substituents is 2. The van der Waals surface area contributed by atoms with E-state index in [0.29, 0.717) is 11.0 Å². The molecule has 0 radical (unpaired) electrons. The van der Waals surface area contributed by atoms with Gasteiger partial charge >= 0.3 is 11.4 Å². The minimum Gasteiger partial charge on any atom is -0.759 e. The number of para-hydroxylation sites is 2. The van der Waals surface area contributed by atoms with Crippen LogP contribution in [0.25, 0.3) is 43.6 Å². The maximum atomic E-state index is 11.5. The number of rotatable bonds is 12. The Morgan fingerprint density at radius 1 is 0.458 bits per heavy atom. The Morgan fingerprint density at radius 2 is 0.797 bits per heavy atom. The summed E-state index contributed by atoms with van der Waals surface area (Å²) >= 11 is 0. The highest BCUT2D eigenvalue weighted by molar-refractivity contribution is 7.79. The summed E-state index contributed by atoms with van der Waals surface area (Å²) < 4.78 is 34.1. The van der Waals surface area contributed by atoms with Gasteiger partial charge in [-0.1, -0.05) is 97.1 Å². The number of aromatic amines is 2. The van der Waals surface area contributed by atoms with Crippen molar-refractivity contribution in [2.45, 2.75) is 51.4 Å². The van der Waals surface area contributed by atoms with Crippen LogP contribution in [0.4, 0.5) is 11.4 Å². The van der Waals surface area contributed by atoms with Crippen molar-refractivity contribution in [1.82, 2.24) is 0 Å². The highest BCUT2D eigenvalue weighted by atomic mass is 32.3. The molecule has 2 N–H and O–H groups in total. The fourth-order valence-electron chi connectivity index (χ4n) is 7.27. The zero-order valence-electron chi connectivity index (χ0n) is 32.1. The monoisotopic (exact) mass is 810 g/mol. The molecule has 13 heteroatoms. The molecule has 0 bridgehead atoms. The molecule has 0 spiro atoms. The van der Waals surface area contributed by atoms with E-state index in [-0.39, 0.29) is 21.2 Å². The van der Waals surface area contributed by atoms with Gasteiger partial charge in [-0.3, -0.25) is 28.6 Å². The fourth-order valence-corrected chi connectivity index (χ4v) is 7.27. The Labute approximate surface area is 341 Å². The average molecular weight is 811 g/mol. The summed E-state index contributed by atoms with van der Waals surface area (Å²) in [5.74, 6) is 0. The molecule has 0 aliphatic carbocycles. The van der Waals surface area contributed by atoms with Crippen LogP contribution < -0.4 is 9.97 Å². The Balaban J connectivity index is 0.000000178. The molecular formula is C46H42N4O8S. The van der Waals surface area contributed by atoms with E-state index in [2.05, 4.69) is 70.6 Å². The maximum absolute atomic E-state index is 11.5. The highest BCUT2D eigenvalue weighted by Crippen LogP contribution is 2.30. The topological polar surface area (TPSA) is 195 Å². The van der Waals surface area contributed by atoms with Gasteiger partial charge in [-0.15, -0.1) is 0 Å². The summed E-state index contributed by atoms with van der Waals surface area (Å²) in [6, 6.07) is 48.0. The number of hydrogen-bond donors (Lipinski definition) is 0. The van der Waals surface area contributed by atoms with E-state index in [9.17, 15) is 20.2 Å². The third kappa shape index (κ3) is 11.7. The van der Waals surface area contributed by atoms with Gasteiger partial charge in [-0.25, -0.2) is 0 Å². The second kappa shape index (κ2) is 19.7. The van der Waals surface area contributed by atoms with Crippen LogP contribution in [0.1, 0.15) is 47.9 Å². The number of H-pyrrole nitrogens is 2. The summed E-state index contributed by atoms with van der Waals surface area (Å²) in [5, 5.41) is 27.0. The number of fused-ring (bicyclic) bond motifs is 4. The number of aryl methyl sites for hydroxylation is 4. The predicted octanol–water partition coefficient (Wildman–Crippen LogP) is 9.22. The number of nitrogens with zero attached hydrogens (tertiary/aromatic N) is 2. The molecule has 12 nitrogen and oxygen atoms in total. The smallest absolute Gasteiger partial charge is 0.340 e. The molecule has 2 heterocycles. The van der Waals surface area contributed by atoms with E-state index < -0.39 is 10.4 Å². The van der Waals surface area contributed by atoms with Gasteiger partial charge in [0.25, 0.3) is 11.0 Å². The van der Waals surface area contributed by atoms with Crippen molar-refractivity contribution >= 4 is 65.4 Å². The van der Waals surface area contributed by atoms with Crippen LogP contribution in [0.2, 0.25) is 0 Å². The van der Waals surface area contributed by atoms with E-state index in [0.717, 1.165) is 95.1 Å².